The van der Waals surface area contributed by atoms with Crippen LogP contribution in [0.2, 0.25) is 0 Å². The van der Waals surface area contributed by atoms with Crippen molar-refractivity contribution in [2.75, 3.05) is 85.7 Å². The monoisotopic (exact) mass is 591 g/mol. The van der Waals surface area contributed by atoms with E-state index in [0.717, 1.165) is 26.3 Å². The molecule has 0 bridgehead atoms. The molecule has 0 N–H and O–H groups in total. The van der Waals surface area contributed by atoms with Gasteiger partial charge in [-0.3, -0.25) is 4.90 Å². The van der Waals surface area contributed by atoms with Crippen LogP contribution >= 0.6 is 0 Å². The molecule has 42 heavy (non-hydrogen) atoms. The minimum Gasteiger partial charge on any atom is -0.379 e. The van der Waals surface area contributed by atoms with Crippen molar-refractivity contribution < 1.29 is 4.74 Å². The summed E-state index contributed by atoms with van der Waals surface area (Å²) in [6.07, 6.45) is 0. The van der Waals surface area contributed by atoms with Gasteiger partial charge in [-0.2, -0.15) is 0 Å². The summed E-state index contributed by atoms with van der Waals surface area (Å²) in [6.45, 7) is 45.4. The normalized spacial score (nSPS) is 17.8. The molecular weight excluding hydrogens is 516 g/mol. The van der Waals surface area contributed by atoms with E-state index in [1.807, 2.05) is 0 Å². The lowest BCUT2D eigenvalue weighted by atomic mass is 9.87. The van der Waals surface area contributed by atoms with E-state index < -0.39 is 0 Å². The Bertz CT molecular complexity index is 765. The smallest absolute Gasteiger partial charge is 0.0594 e. The van der Waals surface area contributed by atoms with Crippen molar-refractivity contribution in [1.29, 1.82) is 0 Å². The Balaban J connectivity index is 0.000000536. The van der Waals surface area contributed by atoms with E-state index >= 15 is 0 Å². The zero-order valence-electron chi connectivity index (χ0n) is 31.1. The Hall–Kier alpha value is -0.980. The zero-order valence-corrected chi connectivity index (χ0v) is 31.1. The molecule has 2 saturated heterocycles. The maximum absolute atomic E-state index is 5.25. The second-order valence-corrected chi connectivity index (χ2v) is 16.5. The van der Waals surface area contributed by atoms with Crippen LogP contribution in [-0.4, -0.2) is 111 Å². The molecule has 0 amide bonds. The van der Waals surface area contributed by atoms with E-state index in [0.29, 0.717) is 21.8 Å². The number of hydrogen-bond donors (Lipinski definition) is 0. The van der Waals surface area contributed by atoms with Crippen LogP contribution in [0.5, 0.6) is 0 Å². The molecule has 5 heteroatoms. The summed E-state index contributed by atoms with van der Waals surface area (Å²) in [5, 5.41) is 0. The van der Waals surface area contributed by atoms with E-state index in [1.54, 1.807) is 0 Å². The molecule has 0 atom stereocenters. The van der Waals surface area contributed by atoms with Gasteiger partial charge < -0.3 is 19.4 Å². The number of piperazine rings is 1. The molecule has 5 nitrogen and oxygen atoms in total. The Morgan fingerprint density at radius 3 is 1.43 bits per heavy atom. The third kappa shape index (κ3) is 21.7. The maximum Gasteiger partial charge on any atom is 0.0594 e. The fraction of sp³-hybridized carbons (Fsp3) is 0.838. The Kier molecular flexibility index (Phi) is 19.0. The summed E-state index contributed by atoms with van der Waals surface area (Å²) in [4.78, 5) is 9.88. The number of likely N-dealkylation sites (N-methyl/N-ethyl adjacent to an activating group) is 1. The third-order valence-electron chi connectivity index (χ3n) is 7.49. The highest BCUT2D eigenvalue weighted by molar-refractivity contribution is 5.22. The molecule has 0 saturated carbocycles. The van der Waals surface area contributed by atoms with Crippen molar-refractivity contribution >= 4 is 0 Å². The van der Waals surface area contributed by atoms with Gasteiger partial charge in [0.25, 0.3) is 0 Å². The number of nitrogens with zero attached hydrogens (tertiary/aromatic N) is 4. The highest BCUT2D eigenvalue weighted by Gasteiger charge is 2.22. The van der Waals surface area contributed by atoms with Crippen molar-refractivity contribution in [3.63, 3.8) is 0 Å². The molecule has 0 radical (unpaired) electrons. The molecule has 0 unspecified atom stereocenters. The van der Waals surface area contributed by atoms with Crippen LogP contribution in [0.1, 0.15) is 102 Å². The van der Waals surface area contributed by atoms with Gasteiger partial charge >= 0.3 is 0 Å². The van der Waals surface area contributed by atoms with Gasteiger partial charge in [-0.25, -0.2) is 0 Å². The molecule has 1 aromatic rings. The topological polar surface area (TPSA) is 22.2 Å². The first-order valence-electron chi connectivity index (χ1n) is 16.7. The van der Waals surface area contributed by atoms with Gasteiger partial charge in [0.05, 0.1) is 13.2 Å². The van der Waals surface area contributed by atoms with Gasteiger partial charge in [-0.05, 0) is 62.7 Å². The second kappa shape index (κ2) is 19.4. The number of rotatable bonds is 4. The second-order valence-electron chi connectivity index (χ2n) is 16.5. The average Bonchev–Trinajstić information content (AvgIpc) is 2.88. The van der Waals surface area contributed by atoms with E-state index in [1.165, 1.54) is 57.9 Å². The highest BCUT2D eigenvalue weighted by atomic mass is 16.5. The molecule has 2 aliphatic heterocycles. The molecule has 2 heterocycles. The molecule has 0 spiro atoms. The van der Waals surface area contributed by atoms with Crippen molar-refractivity contribution in [2.45, 2.75) is 108 Å². The van der Waals surface area contributed by atoms with Gasteiger partial charge in [0.2, 0.25) is 0 Å². The van der Waals surface area contributed by atoms with Crippen LogP contribution in [0.15, 0.2) is 30.3 Å². The van der Waals surface area contributed by atoms with Gasteiger partial charge in [-0.1, -0.05) is 106 Å². The number of hydrogen-bond acceptors (Lipinski definition) is 5. The van der Waals surface area contributed by atoms with Crippen molar-refractivity contribution in [2.24, 2.45) is 10.8 Å². The Morgan fingerprint density at radius 1 is 0.667 bits per heavy atom. The molecular formula is C37H74N4O. The van der Waals surface area contributed by atoms with Gasteiger partial charge in [0.1, 0.15) is 0 Å². The van der Waals surface area contributed by atoms with Crippen molar-refractivity contribution in [3.8, 4) is 0 Å². The van der Waals surface area contributed by atoms with Crippen LogP contribution in [0, 0.1) is 10.8 Å². The summed E-state index contributed by atoms with van der Waals surface area (Å²) in [5.74, 6) is 0. The summed E-state index contributed by atoms with van der Waals surface area (Å²) < 4.78 is 5.25. The van der Waals surface area contributed by atoms with E-state index in [9.17, 15) is 0 Å². The SMILES string of the molecule is CC(C)(C)N1CCOCC1.CC(C)(C)c1ccccc1.CCN(CC)CC(C)(C)C.CN1CCN(CC(C)(C)C)CC1. The van der Waals surface area contributed by atoms with Gasteiger partial charge in [-0.15, -0.1) is 0 Å². The summed E-state index contributed by atoms with van der Waals surface area (Å²) >= 11 is 0. The molecule has 0 aromatic heterocycles. The van der Waals surface area contributed by atoms with E-state index in [-0.39, 0.29) is 0 Å². The van der Waals surface area contributed by atoms with Gasteiger partial charge in [0.15, 0.2) is 0 Å². The molecule has 3 rings (SSSR count). The first kappa shape index (κ1) is 41.0. The maximum atomic E-state index is 5.25. The zero-order chi connectivity index (χ0) is 32.6. The number of benzene rings is 1. The predicted octanol–water partition coefficient (Wildman–Crippen LogP) is 7.76. The lowest BCUT2D eigenvalue weighted by Gasteiger charge is -2.38. The summed E-state index contributed by atoms with van der Waals surface area (Å²) in [6, 6.07) is 10.6. The number of ether oxygens (including phenoxy) is 1. The lowest BCUT2D eigenvalue weighted by Crippen LogP contribution is -2.47. The van der Waals surface area contributed by atoms with Crippen LogP contribution in [-0.2, 0) is 10.2 Å². The van der Waals surface area contributed by atoms with Crippen LogP contribution < -0.4 is 0 Å². The van der Waals surface area contributed by atoms with Crippen molar-refractivity contribution in [3.05, 3.63) is 35.9 Å². The van der Waals surface area contributed by atoms with Crippen LogP contribution in [0.4, 0.5) is 0 Å². The standard InChI is InChI=1S/C10H22N2.C10H14.C9H21N.C8H17NO/c1-10(2,3)9-12-7-5-11(4)6-8-12;1-10(2,3)9-7-5-4-6-8-9;1-6-10(7-2)8-9(3,4)5;1-8(2,3)9-4-6-10-7-5-9/h5-9H2,1-4H3;4-8H,1-3H3;6-8H2,1-5H3;4-7H2,1-3H3. The van der Waals surface area contributed by atoms with E-state index in [2.05, 4.69) is 154 Å². The molecule has 248 valence electrons. The summed E-state index contributed by atoms with van der Waals surface area (Å²) in [5.41, 5.74) is 2.92. The first-order valence-corrected chi connectivity index (χ1v) is 16.7. The van der Waals surface area contributed by atoms with Crippen LogP contribution in [0.3, 0.4) is 0 Å². The fourth-order valence-corrected chi connectivity index (χ4v) is 4.97. The van der Waals surface area contributed by atoms with Gasteiger partial charge in [0, 0.05) is 57.9 Å². The number of morpholine rings is 1. The van der Waals surface area contributed by atoms with Crippen LogP contribution in [0.25, 0.3) is 0 Å². The quantitative estimate of drug-likeness (QED) is 0.357. The Labute approximate surface area is 264 Å². The molecule has 2 fully saturated rings. The van der Waals surface area contributed by atoms with Crippen molar-refractivity contribution in [1.82, 2.24) is 19.6 Å². The first-order chi connectivity index (χ1) is 19.2. The largest absolute Gasteiger partial charge is 0.379 e. The predicted molar refractivity (Wildman–Crippen MR) is 188 cm³/mol. The fourth-order valence-electron chi connectivity index (χ4n) is 4.97. The minimum absolute atomic E-state index is 0.293. The molecule has 0 aliphatic carbocycles. The Morgan fingerprint density at radius 2 is 1.14 bits per heavy atom. The average molecular weight is 591 g/mol. The molecule has 2 aliphatic rings. The summed E-state index contributed by atoms with van der Waals surface area (Å²) in [7, 11) is 2.20. The molecule has 1 aromatic carbocycles. The van der Waals surface area contributed by atoms with E-state index in [4.69, 9.17) is 4.74 Å². The third-order valence-corrected chi connectivity index (χ3v) is 7.49. The lowest BCUT2D eigenvalue weighted by molar-refractivity contribution is -0.00389. The highest BCUT2D eigenvalue weighted by Crippen LogP contribution is 2.21. The minimum atomic E-state index is 0.293.